The van der Waals surface area contributed by atoms with Crippen molar-refractivity contribution in [3.8, 4) is 22.6 Å². The van der Waals surface area contributed by atoms with Crippen molar-refractivity contribution >= 4 is 11.8 Å². The van der Waals surface area contributed by atoms with E-state index in [0.29, 0.717) is 29.4 Å². The normalized spacial score (nSPS) is 11.6. The minimum absolute atomic E-state index is 0.152. The average Bonchev–Trinajstić information content (AvgIpc) is 2.89. The summed E-state index contributed by atoms with van der Waals surface area (Å²) in [6.07, 6.45) is 1.12. The molecule has 0 aliphatic rings. The van der Waals surface area contributed by atoms with Crippen molar-refractivity contribution in [3.63, 3.8) is 0 Å². The van der Waals surface area contributed by atoms with Crippen molar-refractivity contribution in [2.45, 2.75) is 39.3 Å². The average molecular weight is 475 g/mol. The molecule has 3 rings (SSSR count). The van der Waals surface area contributed by atoms with Gasteiger partial charge in [0.25, 0.3) is 0 Å². The van der Waals surface area contributed by atoms with Gasteiger partial charge in [0.05, 0.1) is 26.3 Å². The van der Waals surface area contributed by atoms with Crippen LogP contribution in [0.3, 0.4) is 0 Å². The smallest absolute Gasteiger partial charge is 0.247 e. The van der Waals surface area contributed by atoms with Gasteiger partial charge >= 0.3 is 0 Å². The molecular formula is C29H34N2O4. The van der Waals surface area contributed by atoms with Crippen LogP contribution in [0, 0.1) is 5.92 Å². The highest BCUT2D eigenvalue weighted by atomic mass is 16.5. The van der Waals surface area contributed by atoms with Crippen LogP contribution in [-0.4, -0.2) is 26.0 Å². The van der Waals surface area contributed by atoms with Crippen molar-refractivity contribution in [1.82, 2.24) is 10.6 Å². The molecule has 0 fully saturated rings. The van der Waals surface area contributed by atoms with Crippen molar-refractivity contribution in [3.05, 3.63) is 83.9 Å². The molecule has 0 radical (unpaired) electrons. The first-order chi connectivity index (χ1) is 16.9. The molecule has 2 N–H and O–H groups in total. The van der Waals surface area contributed by atoms with E-state index in [-0.39, 0.29) is 18.4 Å². The van der Waals surface area contributed by atoms with Crippen LogP contribution in [0.15, 0.2) is 72.8 Å². The van der Waals surface area contributed by atoms with E-state index >= 15 is 0 Å². The third kappa shape index (κ3) is 7.09. The Bertz CT molecular complexity index is 1090. The summed E-state index contributed by atoms with van der Waals surface area (Å²) < 4.78 is 10.9. The first kappa shape index (κ1) is 25.8. The Balaban J connectivity index is 1.81. The molecule has 0 aromatic heterocycles. The van der Waals surface area contributed by atoms with Gasteiger partial charge in [0.1, 0.15) is 17.5 Å². The summed E-state index contributed by atoms with van der Waals surface area (Å²) in [7, 11) is 3.15. The molecule has 1 atom stereocenters. The molecule has 1 unspecified atom stereocenters. The first-order valence-electron chi connectivity index (χ1n) is 11.8. The van der Waals surface area contributed by atoms with Crippen molar-refractivity contribution in [1.29, 1.82) is 0 Å². The Morgan fingerprint density at radius 1 is 0.800 bits per heavy atom. The van der Waals surface area contributed by atoms with Gasteiger partial charge in [-0.05, 0) is 41.2 Å². The fourth-order valence-corrected chi connectivity index (χ4v) is 3.83. The number of methoxy groups -OCH3 is 2. The summed E-state index contributed by atoms with van der Waals surface area (Å²) in [6, 6.07) is 22.4. The van der Waals surface area contributed by atoms with Gasteiger partial charge in [0, 0.05) is 6.42 Å². The maximum absolute atomic E-state index is 13.3. The zero-order chi connectivity index (χ0) is 25.2. The number of carbonyl (C=O) groups is 2. The number of hydrogen-bond donors (Lipinski definition) is 2. The Kier molecular flexibility index (Phi) is 9.30. The number of hydrogen-bond acceptors (Lipinski definition) is 4. The lowest BCUT2D eigenvalue weighted by atomic mass is 9.99. The summed E-state index contributed by atoms with van der Waals surface area (Å²) in [5, 5.41) is 5.88. The number of benzene rings is 3. The topological polar surface area (TPSA) is 76.7 Å². The van der Waals surface area contributed by atoms with Crippen LogP contribution < -0.4 is 20.1 Å². The van der Waals surface area contributed by atoms with Crippen LogP contribution in [-0.2, 0) is 16.1 Å². The predicted octanol–water partition coefficient (Wildman–Crippen LogP) is 5.28. The molecule has 6 heteroatoms. The molecule has 184 valence electrons. The van der Waals surface area contributed by atoms with E-state index < -0.39 is 6.04 Å². The molecule has 6 nitrogen and oxygen atoms in total. The van der Waals surface area contributed by atoms with E-state index in [9.17, 15) is 9.59 Å². The zero-order valence-corrected chi connectivity index (χ0v) is 20.8. The number of carbonyl (C=O) groups excluding carboxylic acids is 2. The highest BCUT2D eigenvalue weighted by molar-refractivity contribution is 5.89. The fourth-order valence-electron chi connectivity index (χ4n) is 3.83. The standard InChI is InChI=1S/C29H34N2O4/c1-20(2)13-18-27(32)31-28(23-16-14-22(15-17-23)21-9-6-5-7-10-21)29(33)30-19-24-25(34-3)11-8-12-26(24)35-4/h5-12,14-17,20,28H,13,18-19H2,1-4H3,(H,30,33)(H,31,32). The fraction of sp³-hybridized carbons (Fsp3) is 0.310. The molecule has 0 heterocycles. The molecule has 2 amide bonds. The summed E-state index contributed by atoms with van der Waals surface area (Å²) in [6.45, 7) is 4.34. The Morgan fingerprint density at radius 2 is 1.40 bits per heavy atom. The third-order valence-corrected chi connectivity index (χ3v) is 5.84. The maximum Gasteiger partial charge on any atom is 0.247 e. The first-order valence-corrected chi connectivity index (χ1v) is 11.8. The monoisotopic (exact) mass is 474 g/mol. The van der Waals surface area contributed by atoms with Crippen LogP contribution >= 0.6 is 0 Å². The largest absolute Gasteiger partial charge is 0.496 e. The lowest BCUT2D eigenvalue weighted by Crippen LogP contribution is -2.40. The van der Waals surface area contributed by atoms with Crippen LogP contribution in [0.1, 0.15) is 43.9 Å². The number of ether oxygens (including phenoxy) is 2. The van der Waals surface area contributed by atoms with Crippen LogP contribution in [0.4, 0.5) is 0 Å². The molecule has 3 aromatic rings. The lowest BCUT2D eigenvalue weighted by Gasteiger charge is -2.21. The Hall–Kier alpha value is -3.80. The number of rotatable bonds is 11. The summed E-state index contributed by atoms with van der Waals surface area (Å²) in [5.41, 5.74) is 3.57. The van der Waals surface area contributed by atoms with Crippen molar-refractivity contribution in [2.24, 2.45) is 5.92 Å². The van der Waals surface area contributed by atoms with Gasteiger partial charge in [0.2, 0.25) is 11.8 Å². The van der Waals surface area contributed by atoms with Crippen molar-refractivity contribution in [2.75, 3.05) is 14.2 Å². The molecule has 0 saturated heterocycles. The van der Waals surface area contributed by atoms with E-state index in [0.717, 1.165) is 23.1 Å². The van der Waals surface area contributed by atoms with Crippen LogP contribution in [0.5, 0.6) is 11.5 Å². The van der Waals surface area contributed by atoms with E-state index in [1.165, 1.54) is 0 Å². The second-order valence-electron chi connectivity index (χ2n) is 8.78. The van der Waals surface area contributed by atoms with Gasteiger partial charge in [0.15, 0.2) is 0 Å². The molecule has 0 bridgehead atoms. The van der Waals surface area contributed by atoms with E-state index in [2.05, 4.69) is 24.5 Å². The molecule has 0 aliphatic carbocycles. The van der Waals surface area contributed by atoms with Gasteiger partial charge in [-0.1, -0.05) is 74.5 Å². The second-order valence-corrected chi connectivity index (χ2v) is 8.78. The Labute approximate surface area is 207 Å². The van der Waals surface area contributed by atoms with E-state index in [1.807, 2.05) is 72.8 Å². The van der Waals surface area contributed by atoms with Gasteiger partial charge in [-0.25, -0.2) is 0 Å². The number of nitrogens with one attached hydrogen (secondary N) is 2. The minimum atomic E-state index is -0.819. The summed E-state index contributed by atoms with van der Waals surface area (Å²) >= 11 is 0. The van der Waals surface area contributed by atoms with Crippen LogP contribution in [0.2, 0.25) is 0 Å². The van der Waals surface area contributed by atoms with E-state index in [4.69, 9.17) is 9.47 Å². The predicted molar refractivity (Wildman–Crippen MR) is 138 cm³/mol. The second kappa shape index (κ2) is 12.6. The SMILES string of the molecule is COc1cccc(OC)c1CNC(=O)C(NC(=O)CCC(C)C)c1ccc(-c2ccccc2)cc1. The third-order valence-electron chi connectivity index (χ3n) is 5.84. The highest BCUT2D eigenvalue weighted by Crippen LogP contribution is 2.28. The quantitative estimate of drug-likeness (QED) is 0.396. The molecule has 0 saturated carbocycles. The minimum Gasteiger partial charge on any atom is -0.496 e. The highest BCUT2D eigenvalue weighted by Gasteiger charge is 2.24. The van der Waals surface area contributed by atoms with Gasteiger partial charge < -0.3 is 20.1 Å². The van der Waals surface area contributed by atoms with Gasteiger partial charge in [-0.3, -0.25) is 9.59 Å². The van der Waals surface area contributed by atoms with Crippen LogP contribution in [0.25, 0.3) is 11.1 Å². The lowest BCUT2D eigenvalue weighted by molar-refractivity contribution is -0.129. The summed E-state index contributed by atoms with van der Waals surface area (Å²) in [5.74, 6) is 1.18. The molecular weight excluding hydrogens is 440 g/mol. The van der Waals surface area contributed by atoms with Gasteiger partial charge in [-0.2, -0.15) is 0 Å². The Morgan fingerprint density at radius 3 is 1.97 bits per heavy atom. The molecule has 0 aliphatic heterocycles. The number of amides is 2. The maximum atomic E-state index is 13.3. The van der Waals surface area contributed by atoms with E-state index in [1.54, 1.807) is 14.2 Å². The molecule has 0 spiro atoms. The molecule has 3 aromatic carbocycles. The zero-order valence-electron chi connectivity index (χ0n) is 20.8. The molecule has 35 heavy (non-hydrogen) atoms. The van der Waals surface area contributed by atoms with Gasteiger partial charge in [-0.15, -0.1) is 0 Å². The van der Waals surface area contributed by atoms with Crippen molar-refractivity contribution < 1.29 is 19.1 Å². The summed E-state index contributed by atoms with van der Waals surface area (Å²) in [4.78, 5) is 26.0.